The maximum Gasteiger partial charge on any atom is 0.0695 e. The standard InChI is InChI=1S/C18H29NO/c1-4-12-19(14(2)3)17-13-16(10-11-18(17)20)15-8-6-5-7-9-15/h5-9,14,16-18,20H,4,10-13H2,1-3H3. The lowest BCUT2D eigenvalue weighted by Gasteiger charge is -2.42. The highest BCUT2D eigenvalue weighted by Gasteiger charge is 2.34. The van der Waals surface area contributed by atoms with E-state index in [0.29, 0.717) is 18.0 Å². The lowest BCUT2D eigenvalue weighted by molar-refractivity contribution is -0.000813. The number of rotatable bonds is 5. The first-order valence-electron chi connectivity index (χ1n) is 8.12. The highest BCUT2D eigenvalue weighted by atomic mass is 16.3. The Bertz CT molecular complexity index is 390. The van der Waals surface area contributed by atoms with E-state index in [2.05, 4.69) is 56.0 Å². The number of benzene rings is 1. The van der Waals surface area contributed by atoms with E-state index in [1.54, 1.807) is 0 Å². The molecule has 3 atom stereocenters. The van der Waals surface area contributed by atoms with E-state index < -0.39 is 0 Å². The van der Waals surface area contributed by atoms with Gasteiger partial charge >= 0.3 is 0 Å². The smallest absolute Gasteiger partial charge is 0.0695 e. The molecule has 0 spiro atoms. The Morgan fingerprint density at radius 3 is 2.50 bits per heavy atom. The van der Waals surface area contributed by atoms with Crippen LogP contribution in [0.5, 0.6) is 0 Å². The van der Waals surface area contributed by atoms with E-state index in [9.17, 15) is 5.11 Å². The van der Waals surface area contributed by atoms with Crippen LogP contribution in [0.3, 0.4) is 0 Å². The topological polar surface area (TPSA) is 23.5 Å². The van der Waals surface area contributed by atoms with E-state index in [-0.39, 0.29) is 6.10 Å². The van der Waals surface area contributed by atoms with Crippen LogP contribution in [-0.4, -0.2) is 34.7 Å². The second-order valence-electron chi connectivity index (χ2n) is 6.39. The van der Waals surface area contributed by atoms with E-state index in [0.717, 1.165) is 32.2 Å². The predicted octanol–water partition coefficient (Wildman–Crippen LogP) is 3.80. The largest absolute Gasteiger partial charge is 0.391 e. The maximum atomic E-state index is 10.4. The first kappa shape index (κ1) is 15.5. The number of aliphatic hydroxyl groups is 1. The van der Waals surface area contributed by atoms with E-state index in [4.69, 9.17) is 0 Å². The molecule has 0 bridgehead atoms. The Morgan fingerprint density at radius 2 is 1.90 bits per heavy atom. The number of aliphatic hydroxyl groups excluding tert-OH is 1. The number of hydrogen-bond acceptors (Lipinski definition) is 2. The van der Waals surface area contributed by atoms with Gasteiger partial charge in [-0.1, -0.05) is 37.3 Å². The first-order chi connectivity index (χ1) is 9.63. The van der Waals surface area contributed by atoms with Crippen molar-refractivity contribution in [3.63, 3.8) is 0 Å². The van der Waals surface area contributed by atoms with E-state index >= 15 is 0 Å². The van der Waals surface area contributed by atoms with Crippen LogP contribution < -0.4 is 0 Å². The van der Waals surface area contributed by atoms with Crippen molar-refractivity contribution >= 4 is 0 Å². The maximum absolute atomic E-state index is 10.4. The van der Waals surface area contributed by atoms with Crippen LogP contribution in [0.25, 0.3) is 0 Å². The zero-order valence-electron chi connectivity index (χ0n) is 13.1. The Morgan fingerprint density at radius 1 is 1.20 bits per heavy atom. The number of nitrogens with zero attached hydrogens (tertiary/aromatic N) is 1. The Balaban J connectivity index is 2.11. The minimum absolute atomic E-state index is 0.163. The van der Waals surface area contributed by atoms with Gasteiger partial charge in [-0.3, -0.25) is 4.90 Å². The van der Waals surface area contributed by atoms with Crippen LogP contribution in [-0.2, 0) is 0 Å². The summed E-state index contributed by atoms with van der Waals surface area (Å²) in [4.78, 5) is 2.50. The van der Waals surface area contributed by atoms with Gasteiger partial charge in [-0.05, 0) is 57.6 Å². The van der Waals surface area contributed by atoms with Gasteiger partial charge in [0.1, 0.15) is 0 Å². The molecule has 3 unspecified atom stereocenters. The lowest BCUT2D eigenvalue weighted by atomic mass is 9.79. The highest BCUT2D eigenvalue weighted by molar-refractivity contribution is 5.20. The van der Waals surface area contributed by atoms with Crippen molar-refractivity contribution in [3.05, 3.63) is 35.9 Å². The van der Waals surface area contributed by atoms with Crippen molar-refractivity contribution in [3.8, 4) is 0 Å². The monoisotopic (exact) mass is 275 g/mol. The van der Waals surface area contributed by atoms with Gasteiger partial charge in [0.05, 0.1) is 6.10 Å². The molecule has 0 radical (unpaired) electrons. The van der Waals surface area contributed by atoms with Gasteiger partial charge in [0.15, 0.2) is 0 Å². The summed E-state index contributed by atoms with van der Waals surface area (Å²) in [6.07, 6.45) is 4.11. The molecule has 1 saturated carbocycles. The lowest BCUT2D eigenvalue weighted by Crippen LogP contribution is -2.50. The fraction of sp³-hybridized carbons (Fsp3) is 0.667. The summed E-state index contributed by atoms with van der Waals surface area (Å²) in [5.41, 5.74) is 1.43. The Labute approximate surface area is 123 Å². The summed E-state index contributed by atoms with van der Waals surface area (Å²) < 4.78 is 0. The molecule has 1 aliphatic rings. The van der Waals surface area contributed by atoms with Gasteiger partial charge in [0.2, 0.25) is 0 Å². The van der Waals surface area contributed by atoms with Gasteiger partial charge in [-0.25, -0.2) is 0 Å². The minimum atomic E-state index is -0.163. The summed E-state index contributed by atoms with van der Waals surface area (Å²) >= 11 is 0. The molecule has 0 amide bonds. The van der Waals surface area contributed by atoms with Gasteiger partial charge in [-0.15, -0.1) is 0 Å². The zero-order chi connectivity index (χ0) is 14.5. The summed E-state index contributed by atoms with van der Waals surface area (Å²) in [6.45, 7) is 7.79. The quantitative estimate of drug-likeness (QED) is 0.883. The molecule has 20 heavy (non-hydrogen) atoms. The molecule has 2 nitrogen and oxygen atoms in total. The summed E-state index contributed by atoms with van der Waals surface area (Å²) in [6, 6.07) is 11.6. The van der Waals surface area contributed by atoms with Crippen LogP contribution in [0.4, 0.5) is 0 Å². The van der Waals surface area contributed by atoms with Crippen LogP contribution in [0.1, 0.15) is 57.9 Å². The molecule has 1 aromatic rings. The fourth-order valence-electron chi connectivity index (χ4n) is 3.58. The molecule has 1 aliphatic carbocycles. The predicted molar refractivity (Wildman–Crippen MR) is 85.0 cm³/mol. The SMILES string of the molecule is CCCN(C(C)C)C1CC(c2ccccc2)CCC1O. The van der Waals surface area contributed by atoms with E-state index in [1.807, 2.05) is 0 Å². The second kappa shape index (κ2) is 7.24. The van der Waals surface area contributed by atoms with Crippen molar-refractivity contribution in [1.29, 1.82) is 0 Å². The summed E-state index contributed by atoms with van der Waals surface area (Å²) in [7, 11) is 0. The first-order valence-corrected chi connectivity index (χ1v) is 8.12. The molecule has 1 N–H and O–H groups in total. The molecular formula is C18H29NO. The minimum Gasteiger partial charge on any atom is -0.391 e. The van der Waals surface area contributed by atoms with Crippen molar-refractivity contribution in [2.24, 2.45) is 0 Å². The normalized spacial score (nSPS) is 27.2. The fourth-order valence-corrected chi connectivity index (χ4v) is 3.58. The van der Waals surface area contributed by atoms with Crippen LogP contribution in [0.15, 0.2) is 30.3 Å². The molecule has 112 valence electrons. The van der Waals surface area contributed by atoms with E-state index in [1.165, 1.54) is 5.56 Å². The Kier molecular flexibility index (Phi) is 5.62. The summed E-state index contributed by atoms with van der Waals surface area (Å²) in [5.74, 6) is 0.600. The van der Waals surface area contributed by atoms with Crippen molar-refractivity contribution < 1.29 is 5.11 Å². The molecule has 2 rings (SSSR count). The third-order valence-corrected chi connectivity index (χ3v) is 4.62. The van der Waals surface area contributed by atoms with Crippen LogP contribution in [0, 0.1) is 0 Å². The molecule has 1 aromatic carbocycles. The molecule has 0 heterocycles. The third kappa shape index (κ3) is 3.62. The average Bonchev–Trinajstić information content (AvgIpc) is 2.46. The van der Waals surface area contributed by atoms with Crippen LogP contribution >= 0.6 is 0 Å². The molecular weight excluding hydrogens is 246 g/mol. The van der Waals surface area contributed by atoms with Gasteiger partial charge in [0, 0.05) is 12.1 Å². The van der Waals surface area contributed by atoms with Gasteiger partial charge in [-0.2, -0.15) is 0 Å². The molecule has 0 aromatic heterocycles. The summed E-state index contributed by atoms with van der Waals surface area (Å²) in [5, 5.41) is 10.4. The van der Waals surface area contributed by atoms with Gasteiger partial charge < -0.3 is 5.11 Å². The molecule has 0 aliphatic heterocycles. The second-order valence-corrected chi connectivity index (χ2v) is 6.39. The van der Waals surface area contributed by atoms with Crippen molar-refractivity contribution in [2.45, 2.75) is 70.6 Å². The molecule has 1 fully saturated rings. The third-order valence-electron chi connectivity index (χ3n) is 4.62. The molecule has 0 saturated heterocycles. The molecule has 2 heteroatoms. The van der Waals surface area contributed by atoms with Gasteiger partial charge in [0.25, 0.3) is 0 Å². The van der Waals surface area contributed by atoms with Crippen molar-refractivity contribution in [2.75, 3.05) is 6.54 Å². The Hall–Kier alpha value is -0.860. The van der Waals surface area contributed by atoms with Crippen LogP contribution in [0.2, 0.25) is 0 Å². The highest BCUT2D eigenvalue weighted by Crippen LogP contribution is 2.35. The van der Waals surface area contributed by atoms with Crippen molar-refractivity contribution in [1.82, 2.24) is 4.90 Å². The zero-order valence-corrected chi connectivity index (χ0v) is 13.1. The number of hydrogen-bond donors (Lipinski definition) is 1. The average molecular weight is 275 g/mol.